The molecule has 0 unspecified atom stereocenters. The van der Waals surface area contributed by atoms with Crippen molar-refractivity contribution in [2.24, 2.45) is 5.73 Å². The van der Waals surface area contributed by atoms with Crippen LogP contribution in [0.3, 0.4) is 0 Å². The van der Waals surface area contributed by atoms with Gasteiger partial charge in [-0.1, -0.05) is 6.07 Å². The van der Waals surface area contributed by atoms with Gasteiger partial charge in [0.1, 0.15) is 16.5 Å². The molecule has 2 aromatic rings. The van der Waals surface area contributed by atoms with Crippen LogP contribution >= 0.6 is 0 Å². The Morgan fingerprint density at radius 2 is 1.95 bits per heavy atom. The second-order valence-electron chi connectivity index (χ2n) is 4.15. The van der Waals surface area contributed by atoms with E-state index in [0.29, 0.717) is 17.3 Å². The van der Waals surface area contributed by atoms with Crippen LogP contribution in [0.2, 0.25) is 0 Å². The number of hydrogen-bond acceptors (Lipinski definition) is 4. The monoisotopic (exact) mass is 298 g/mol. The molecule has 0 aliphatic rings. The van der Waals surface area contributed by atoms with Gasteiger partial charge in [-0.2, -0.15) is 0 Å². The molecule has 4 nitrogen and oxygen atoms in total. The van der Waals surface area contributed by atoms with Gasteiger partial charge in [-0.15, -0.1) is 0 Å². The van der Waals surface area contributed by atoms with Crippen molar-refractivity contribution in [2.45, 2.75) is 17.2 Å². The standard InChI is InChI=1S/C13H12F2N2O2S/c14-10-3-4-11(15)13(6-10)20(18,19)8-9-2-1-5-17-12(9)7-16/h1-6H,7-8,16H2. The van der Waals surface area contributed by atoms with Gasteiger partial charge in [-0.25, -0.2) is 17.2 Å². The summed E-state index contributed by atoms with van der Waals surface area (Å²) >= 11 is 0. The number of nitrogens with zero attached hydrogens (tertiary/aromatic N) is 1. The van der Waals surface area contributed by atoms with Crippen LogP contribution in [0.5, 0.6) is 0 Å². The third-order valence-electron chi connectivity index (χ3n) is 2.75. The molecule has 0 amide bonds. The highest BCUT2D eigenvalue weighted by molar-refractivity contribution is 7.90. The summed E-state index contributed by atoms with van der Waals surface area (Å²) in [7, 11) is -4.01. The topological polar surface area (TPSA) is 73.0 Å². The van der Waals surface area contributed by atoms with Crippen LogP contribution in [0.1, 0.15) is 11.3 Å². The van der Waals surface area contributed by atoms with E-state index in [0.717, 1.165) is 12.1 Å². The molecule has 0 saturated heterocycles. The van der Waals surface area contributed by atoms with Crippen LogP contribution in [0.4, 0.5) is 8.78 Å². The summed E-state index contributed by atoms with van der Waals surface area (Å²) in [4.78, 5) is 3.30. The predicted molar refractivity (Wildman–Crippen MR) is 69.4 cm³/mol. The van der Waals surface area contributed by atoms with Gasteiger partial charge in [-0.3, -0.25) is 4.98 Å². The van der Waals surface area contributed by atoms with Gasteiger partial charge in [0, 0.05) is 12.7 Å². The first-order valence-corrected chi connectivity index (χ1v) is 7.40. The van der Waals surface area contributed by atoms with E-state index in [1.54, 1.807) is 12.1 Å². The van der Waals surface area contributed by atoms with Gasteiger partial charge < -0.3 is 5.73 Å². The lowest BCUT2D eigenvalue weighted by Gasteiger charge is -2.08. The first-order chi connectivity index (χ1) is 9.44. The highest BCUT2D eigenvalue weighted by Crippen LogP contribution is 2.21. The van der Waals surface area contributed by atoms with Gasteiger partial charge in [0.05, 0.1) is 11.4 Å². The molecular weight excluding hydrogens is 286 g/mol. The number of benzene rings is 1. The van der Waals surface area contributed by atoms with Crippen molar-refractivity contribution in [1.29, 1.82) is 0 Å². The number of rotatable bonds is 4. The molecule has 0 aliphatic carbocycles. The van der Waals surface area contributed by atoms with Crippen molar-refractivity contribution >= 4 is 9.84 Å². The molecule has 0 fully saturated rings. The van der Waals surface area contributed by atoms with Crippen molar-refractivity contribution < 1.29 is 17.2 Å². The van der Waals surface area contributed by atoms with Gasteiger partial charge in [0.25, 0.3) is 0 Å². The Labute approximate surface area is 115 Å². The zero-order chi connectivity index (χ0) is 14.8. The van der Waals surface area contributed by atoms with Crippen LogP contribution in [-0.2, 0) is 22.1 Å². The number of aromatic nitrogens is 1. The molecule has 0 aliphatic heterocycles. The van der Waals surface area contributed by atoms with Crippen molar-refractivity contribution in [2.75, 3.05) is 0 Å². The van der Waals surface area contributed by atoms with E-state index in [-0.39, 0.29) is 6.54 Å². The van der Waals surface area contributed by atoms with E-state index < -0.39 is 32.1 Å². The van der Waals surface area contributed by atoms with E-state index in [1.165, 1.54) is 6.20 Å². The van der Waals surface area contributed by atoms with Crippen molar-refractivity contribution in [3.8, 4) is 0 Å². The van der Waals surface area contributed by atoms with Gasteiger partial charge in [0.2, 0.25) is 0 Å². The number of sulfone groups is 1. The number of hydrogen-bond donors (Lipinski definition) is 1. The molecule has 0 atom stereocenters. The third kappa shape index (κ3) is 3.00. The fraction of sp³-hybridized carbons (Fsp3) is 0.154. The van der Waals surface area contributed by atoms with Crippen molar-refractivity contribution in [3.05, 3.63) is 59.4 Å². The zero-order valence-corrected chi connectivity index (χ0v) is 11.2. The summed E-state index contributed by atoms with van der Waals surface area (Å²) in [5.74, 6) is -2.27. The first-order valence-electron chi connectivity index (χ1n) is 5.74. The molecule has 0 bridgehead atoms. The quantitative estimate of drug-likeness (QED) is 0.934. The molecule has 1 aromatic heterocycles. The van der Waals surface area contributed by atoms with E-state index in [2.05, 4.69) is 4.98 Å². The molecule has 2 rings (SSSR count). The fourth-order valence-electron chi connectivity index (χ4n) is 1.78. The number of halogens is 2. The predicted octanol–water partition coefficient (Wildman–Crippen LogP) is 1.79. The SMILES string of the molecule is NCc1ncccc1CS(=O)(=O)c1cc(F)ccc1F. The van der Waals surface area contributed by atoms with Crippen LogP contribution < -0.4 is 5.73 Å². The highest BCUT2D eigenvalue weighted by atomic mass is 32.2. The van der Waals surface area contributed by atoms with E-state index >= 15 is 0 Å². The Morgan fingerprint density at radius 1 is 1.20 bits per heavy atom. The minimum Gasteiger partial charge on any atom is -0.325 e. The molecule has 0 saturated carbocycles. The summed E-state index contributed by atoms with van der Waals surface area (Å²) in [5, 5.41) is 0. The maximum absolute atomic E-state index is 13.6. The Hall–Kier alpha value is -1.86. The molecule has 1 heterocycles. The maximum atomic E-state index is 13.6. The number of pyridine rings is 1. The largest absolute Gasteiger partial charge is 0.325 e. The summed E-state index contributed by atoms with van der Waals surface area (Å²) in [6, 6.07) is 5.43. The van der Waals surface area contributed by atoms with Gasteiger partial charge >= 0.3 is 0 Å². The summed E-state index contributed by atoms with van der Waals surface area (Å²) < 4.78 is 51.0. The van der Waals surface area contributed by atoms with E-state index in [4.69, 9.17) is 5.73 Å². The Balaban J connectivity index is 2.43. The van der Waals surface area contributed by atoms with Crippen LogP contribution in [0, 0.1) is 11.6 Å². The Morgan fingerprint density at radius 3 is 2.65 bits per heavy atom. The van der Waals surface area contributed by atoms with Crippen LogP contribution in [0.25, 0.3) is 0 Å². The highest BCUT2D eigenvalue weighted by Gasteiger charge is 2.22. The average Bonchev–Trinajstić information content (AvgIpc) is 2.41. The van der Waals surface area contributed by atoms with Crippen molar-refractivity contribution in [1.82, 2.24) is 4.98 Å². The lowest BCUT2D eigenvalue weighted by Crippen LogP contribution is -2.12. The maximum Gasteiger partial charge on any atom is 0.185 e. The normalized spacial score (nSPS) is 11.6. The van der Waals surface area contributed by atoms with Crippen LogP contribution in [-0.4, -0.2) is 13.4 Å². The molecule has 0 radical (unpaired) electrons. The number of nitrogens with two attached hydrogens (primary N) is 1. The lowest BCUT2D eigenvalue weighted by atomic mass is 10.2. The van der Waals surface area contributed by atoms with Crippen LogP contribution in [0.15, 0.2) is 41.4 Å². The molecule has 0 spiro atoms. The minimum absolute atomic E-state index is 0.0668. The lowest BCUT2D eigenvalue weighted by molar-refractivity contribution is 0.552. The Bertz CT molecular complexity index is 733. The molecule has 1 aromatic carbocycles. The molecule has 106 valence electrons. The smallest absolute Gasteiger partial charge is 0.185 e. The Kier molecular flexibility index (Phi) is 4.10. The summed E-state index contributed by atoms with van der Waals surface area (Å²) in [6.45, 7) is 0.0668. The van der Waals surface area contributed by atoms with Gasteiger partial charge in [0.15, 0.2) is 9.84 Å². The van der Waals surface area contributed by atoms with E-state index in [1.807, 2.05) is 0 Å². The summed E-state index contributed by atoms with van der Waals surface area (Å²) in [6.07, 6.45) is 1.49. The molecule has 20 heavy (non-hydrogen) atoms. The zero-order valence-electron chi connectivity index (χ0n) is 10.4. The van der Waals surface area contributed by atoms with E-state index in [9.17, 15) is 17.2 Å². The summed E-state index contributed by atoms with van der Waals surface area (Å²) in [5.41, 5.74) is 6.25. The second kappa shape index (κ2) is 5.64. The second-order valence-corrected chi connectivity index (χ2v) is 6.11. The molecular formula is C13H12F2N2O2S. The van der Waals surface area contributed by atoms with Crippen molar-refractivity contribution in [3.63, 3.8) is 0 Å². The average molecular weight is 298 g/mol. The first kappa shape index (κ1) is 14.5. The minimum atomic E-state index is -4.01. The third-order valence-corrected chi connectivity index (χ3v) is 4.43. The van der Waals surface area contributed by atoms with Gasteiger partial charge in [-0.05, 0) is 29.8 Å². The molecule has 7 heteroatoms. The fourth-order valence-corrected chi connectivity index (χ4v) is 3.27. The molecule has 2 N–H and O–H groups in total.